The van der Waals surface area contributed by atoms with Gasteiger partial charge in [0.05, 0.1) is 0 Å². The summed E-state index contributed by atoms with van der Waals surface area (Å²) in [6, 6.07) is 0.552. The van der Waals surface area contributed by atoms with Crippen LogP contribution in [0.15, 0.2) is 37.5 Å². The average molecular weight is 255 g/mol. The quantitative estimate of drug-likeness (QED) is 0.366. The topological polar surface area (TPSA) is 20.3 Å². The van der Waals surface area contributed by atoms with Gasteiger partial charge in [-0.15, -0.1) is 6.58 Å². The third kappa shape index (κ3) is 5.06. The maximum absolute atomic E-state index is 13.0. The van der Waals surface area contributed by atoms with E-state index in [1.54, 1.807) is 12.2 Å². The molecular weight excluding hydrogens is 229 g/mol. The Morgan fingerprint density at radius 1 is 1.12 bits per heavy atom. The molecule has 1 atom stereocenters. The van der Waals surface area contributed by atoms with Gasteiger partial charge in [0.1, 0.15) is 0 Å². The van der Waals surface area contributed by atoms with Crippen molar-refractivity contribution in [2.24, 2.45) is 0 Å². The Morgan fingerprint density at radius 3 is 2.00 bits per heavy atom. The Balaban J connectivity index is 5.13. The molecule has 1 unspecified atom stereocenters. The Hall–Kier alpha value is -0.590. The highest BCUT2D eigenvalue weighted by atomic mass is 31.2. The lowest BCUT2D eigenvalue weighted by Gasteiger charge is -2.37. The van der Waals surface area contributed by atoms with Crippen molar-refractivity contribution in [1.82, 2.24) is 4.67 Å². The number of allylic oxidation sites excluding steroid dienone is 4. The van der Waals surface area contributed by atoms with Crippen molar-refractivity contribution in [2.45, 2.75) is 39.8 Å². The van der Waals surface area contributed by atoms with E-state index < -0.39 is 7.29 Å². The van der Waals surface area contributed by atoms with E-state index >= 15 is 0 Å². The van der Waals surface area contributed by atoms with Crippen LogP contribution in [-0.4, -0.2) is 29.1 Å². The van der Waals surface area contributed by atoms with Gasteiger partial charge in [0.15, 0.2) is 7.29 Å². The summed E-state index contributed by atoms with van der Waals surface area (Å²) in [5.41, 5.74) is 0. The highest BCUT2D eigenvalue weighted by Crippen LogP contribution is 2.52. The molecule has 0 rings (SSSR count). The first-order chi connectivity index (χ1) is 7.89. The Kier molecular flexibility index (Phi) is 7.41. The number of hydrogen-bond donors (Lipinski definition) is 0. The number of rotatable bonds is 8. The molecule has 0 saturated heterocycles. The van der Waals surface area contributed by atoms with Gasteiger partial charge in [-0.25, -0.2) is 4.67 Å². The van der Waals surface area contributed by atoms with E-state index in [0.29, 0.717) is 12.3 Å². The van der Waals surface area contributed by atoms with Crippen molar-refractivity contribution in [3.8, 4) is 0 Å². The first-order valence-electron chi connectivity index (χ1n) is 6.14. The van der Waals surface area contributed by atoms with Gasteiger partial charge in [-0.1, -0.05) is 30.9 Å². The third-order valence-electron chi connectivity index (χ3n) is 2.56. The van der Waals surface area contributed by atoms with Crippen molar-refractivity contribution in [3.05, 3.63) is 37.5 Å². The molecule has 0 aliphatic rings. The Morgan fingerprint density at radius 2 is 1.65 bits per heavy atom. The summed E-state index contributed by atoms with van der Waals surface area (Å²) in [5.74, 6) is 0. The summed E-state index contributed by atoms with van der Waals surface area (Å²) in [6.45, 7) is 15.7. The van der Waals surface area contributed by atoms with Gasteiger partial charge < -0.3 is 4.57 Å². The molecule has 2 nitrogen and oxygen atoms in total. The molecule has 0 fully saturated rings. The van der Waals surface area contributed by atoms with Crippen LogP contribution in [0, 0.1) is 0 Å². The predicted octanol–water partition coefficient (Wildman–Crippen LogP) is 4.31. The standard InChI is InChI=1S/C14H26NOP/c1-7-9-10-12-17(16,11-8-2)15(13(3)4)14(5)6/h7-10,13-14H,1-2,11-12H2,3-6H3/b10-9+. The molecule has 98 valence electrons. The smallest absolute Gasteiger partial charge is 0.158 e. The fraction of sp³-hybridized carbons (Fsp3) is 0.571. The molecule has 0 aromatic heterocycles. The molecule has 0 aliphatic heterocycles. The van der Waals surface area contributed by atoms with E-state index in [1.807, 2.05) is 12.2 Å². The summed E-state index contributed by atoms with van der Waals surface area (Å²) in [4.78, 5) is 0. The minimum atomic E-state index is -2.39. The Bertz CT molecular complexity index is 310. The molecule has 0 N–H and O–H groups in total. The van der Waals surface area contributed by atoms with E-state index in [2.05, 4.69) is 45.5 Å². The molecule has 0 heterocycles. The minimum absolute atomic E-state index is 0.276. The lowest BCUT2D eigenvalue weighted by molar-refractivity contribution is 0.301. The van der Waals surface area contributed by atoms with Gasteiger partial charge in [-0.05, 0) is 27.7 Å². The maximum Gasteiger partial charge on any atom is 0.158 e. The molecular formula is C14H26NOP. The van der Waals surface area contributed by atoms with Crippen LogP contribution >= 0.6 is 7.29 Å². The van der Waals surface area contributed by atoms with E-state index in [9.17, 15) is 4.57 Å². The van der Waals surface area contributed by atoms with Crippen molar-refractivity contribution >= 4 is 7.29 Å². The Labute approximate surface area is 107 Å². The number of hydrogen-bond acceptors (Lipinski definition) is 1. The molecule has 0 spiro atoms. The predicted molar refractivity (Wildman–Crippen MR) is 79.0 cm³/mol. The second-order valence-corrected chi connectivity index (χ2v) is 7.62. The zero-order valence-electron chi connectivity index (χ0n) is 11.6. The summed E-state index contributed by atoms with van der Waals surface area (Å²) in [6.07, 6.45) is 8.42. The largest absolute Gasteiger partial charge is 0.306 e. The third-order valence-corrected chi connectivity index (χ3v) is 5.93. The van der Waals surface area contributed by atoms with Crippen molar-refractivity contribution in [2.75, 3.05) is 12.3 Å². The maximum atomic E-state index is 13.0. The number of nitrogens with zero attached hydrogens (tertiary/aromatic N) is 1. The summed E-state index contributed by atoms with van der Waals surface area (Å²) in [7, 11) is -2.39. The lowest BCUT2D eigenvalue weighted by Crippen LogP contribution is -2.35. The van der Waals surface area contributed by atoms with Crippen molar-refractivity contribution in [1.29, 1.82) is 0 Å². The minimum Gasteiger partial charge on any atom is -0.306 e. The first-order valence-corrected chi connectivity index (χ1v) is 8.17. The fourth-order valence-electron chi connectivity index (χ4n) is 2.22. The van der Waals surface area contributed by atoms with Crippen molar-refractivity contribution < 1.29 is 4.57 Å². The molecule has 0 aliphatic carbocycles. The zero-order valence-corrected chi connectivity index (χ0v) is 12.5. The monoisotopic (exact) mass is 255 g/mol. The van der Waals surface area contributed by atoms with E-state index in [1.165, 1.54) is 0 Å². The molecule has 17 heavy (non-hydrogen) atoms. The van der Waals surface area contributed by atoms with E-state index in [4.69, 9.17) is 0 Å². The average Bonchev–Trinajstić information content (AvgIpc) is 2.16. The van der Waals surface area contributed by atoms with Crippen molar-refractivity contribution in [3.63, 3.8) is 0 Å². The second-order valence-electron chi connectivity index (χ2n) is 4.73. The van der Waals surface area contributed by atoms with Crippen LogP contribution in [0.1, 0.15) is 27.7 Å². The van der Waals surface area contributed by atoms with Gasteiger partial charge in [0, 0.05) is 24.4 Å². The summed E-state index contributed by atoms with van der Waals surface area (Å²) < 4.78 is 15.2. The van der Waals surface area contributed by atoms with Crippen LogP contribution in [0.3, 0.4) is 0 Å². The molecule has 3 heteroatoms. The molecule has 0 saturated carbocycles. The van der Waals surface area contributed by atoms with Crippen LogP contribution < -0.4 is 0 Å². The van der Waals surface area contributed by atoms with Gasteiger partial charge >= 0.3 is 0 Å². The van der Waals surface area contributed by atoms with Crippen LogP contribution in [0.4, 0.5) is 0 Å². The van der Waals surface area contributed by atoms with Gasteiger partial charge in [0.25, 0.3) is 0 Å². The van der Waals surface area contributed by atoms with Crippen LogP contribution in [0.2, 0.25) is 0 Å². The highest BCUT2D eigenvalue weighted by Gasteiger charge is 2.31. The lowest BCUT2D eigenvalue weighted by atomic mass is 10.3. The molecule has 0 amide bonds. The van der Waals surface area contributed by atoms with Gasteiger partial charge in [-0.3, -0.25) is 0 Å². The first kappa shape index (κ1) is 16.4. The van der Waals surface area contributed by atoms with Gasteiger partial charge in [0.2, 0.25) is 0 Å². The molecule has 0 aromatic carbocycles. The van der Waals surface area contributed by atoms with E-state index in [-0.39, 0.29) is 12.1 Å². The fourth-order valence-corrected chi connectivity index (χ4v) is 5.29. The summed E-state index contributed by atoms with van der Waals surface area (Å²) >= 11 is 0. The molecule has 0 aromatic rings. The van der Waals surface area contributed by atoms with E-state index in [0.717, 1.165) is 0 Å². The SMILES string of the molecule is C=C/C=C/CP(=O)(CC=C)N(C(C)C)C(C)C. The van der Waals surface area contributed by atoms with Crippen LogP contribution in [0.5, 0.6) is 0 Å². The molecule has 0 bridgehead atoms. The van der Waals surface area contributed by atoms with Crippen LogP contribution in [-0.2, 0) is 4.57 Å². The van der Waals surface area contributed by atoms with Crippen LogP contribution in [0.25, 0.3) is 0 Å². The zero-order chi connectivity index (χ0) is 13.5. The van der Waals surface area contributed by atoms with Gasteiger partial charge in [-0.2, -0.15) is 0 Å². The summed E-state index contributed by atoms with van der Waals surface area (Å²) in [5, 5.41) is 0. The molecule has 0 radical (unpaired) electrons. The highest BCUT2D eigenvalue weighted by molar-refractivity contribution is 7.61. The second kappa shape index (κ2) is 7.68. The normalized spacial score (nSPS) is 15.7.